The number of piperidine rings is 1. The van der Waals surface area contributed by atoms with E-state index < -0.39 is 0 Å². The van der Waals surface area contributed by atoms with Crippen LogP contribution in [0.4, 0.5) is 5.95 Å². The molecule has 2 aliphatic rings. The number of imidazole rings is 1. The molecule has 4 heteroatoms. The predicted molar refractivity (Wildman–Crippen MR) is 73.9 cm³/mol. The molecule has 1 saturated heterocycles. The standard InChI is InChI=1S/C14H24N4/c1-2-17-10-8-15-14(17)18-9-4-3-5-13(18)11-16-12-6-7-12/h8,10,12-13,16H,2-7,9,11H2,1H3. The van der Waals surface area contributed by atoms with Crippen molar-refractivity contribution >= 4 is 5.95 Å². The van der Waals surface area contributed by atoms with Gasteiger partial charge in [0.15, 0.2) is 0 Å². The molecule has 1 aromatic rings. The van der Waals surface area contributed by atoms with E-state index in [4.69, 9.17) is 0 Å². The van der Waals surface area contributed by atoms with Gasteiger partial charge in [0.2, 0.25) is 5.95 Å². The third-order valence-corrected chi connectivity index (χ3v) is 4.14. The molecule has 1 aromatic heterocycles. The molecule has 18 heavy (non-hydrogen) atoms. The fourth-order valence-electron chi connectivity index (χ4n) is 2.87. The summed E-state index contributed by atoms with van der Waals surface area (Å²) >= 11 is 0. The molecule has 2 heterocycles. The number of anilines is 1. The Morgan fingerprint density at radius 1 is 1.33 bits per heavy atom. The van der Waals surface area contributed by atoms with Crippen LogP contribution in [0.3, 0.4) is 0 Å². The molecule has 3 rings (SSSR count). The summed E-state index contributed by atoms with van der Waals surface area (Å²) in [6.45, 7) is 5.48. The van der Waals surface area contributed by atoms with Crippen LogP contribution in [0.25, 0.3) is 0 Å². The van der Waals surface area contributed by atoms with Crippen molar-refractivity contribution in [1.29, 1.82) is 0 Å². The van der Waals surface area contributed by atoms with Crippen molar-refractivity contribution < 1.29 is 0 Å². The third kappa shape index (κ3) is 2.53. The van der Waals surface area contributed by atoms with E-state index in [2.05, 4.69) is 32.9 Å². The molecule has 1 unspecified atom stereocenters. The zero-order valence-corrected chi connectivity index (χ0v) is 11.3. The Bertz CT molecular complexity index is 383. The number of nitrogens with one attached hydrogen (secondary N) is 1. The Balaban J connectivity index is 1.69. The van der Waals surface area contributed by atoms with Crippen LogP contribution in [0.2, 0.25) is 0 Å². The largest absolute Gasteiger partial charge is 0.338 e. The second-order valence-corrected chi connectivity index (χ2v) is 5.54. The number of hydrogen-bond acceptors (Lipinski definition) is 3. The lowest BCUT2D eigenvalue weighted by molar-refractivity contribution is 0.424. The molecular formula is C14H24N4. The molecule has 100 valence electrons. The van der Waals surface area contributed by atoms with E-state index in [1.165, 1.54) is 38.1 Å². The van der Waals surface area contributed by atoms with Crippen molar-refractivity contribution in [2.24, 2.45) is 0 Å². The molecule has 0 radical (unpaired) electrons. The SMILES string of the molecule is CCn1ccnc1N1CCCCC1CNC1CC1. The van der Waals surface area contributed by atoms with Crippen LogP contribution in [0.5, 0.6) is 0 Å². The highest BCUT2D eigenvalue weighted by atomic mass is 15.3. The first kappa shape index (κ1) is 12.0. The highest BCUT2D eigenvalue weighted by Gasteiger charge is 2.28. The highest BCUT2D eigenvalue weighted by molar-refractivity contribution is 5.34. The van der Waals surface area contributed by atoms with Crippen molar-refractivity contribution in [3.05, 3.63) is 12.4 Å². The van der Waals surface area contributed by atoms with Crippen molar-refractivity contribution in [3.63, 3.8) is 0 Å². The third-order valence-electron chi connectivity index (χ3n) is 4.14. The van der Waals surface area contributed by atoms with Gasteiger partial charge in [-0.1, -0.05) is 0 Å². The maximum atomic E-state index is 4.56. The molecule has 2 fully saturated rings. The number of rotatable bonds is 5. The Morgan fingerprint density at radius 2 is 2.22 bits per heavy atom. The Labute approximate surface area is 109 Å². The number of aromatic nitrogens is 2. The molecule has 4 nitrogen and oxygen atoms in total. The summed E-state index contributed by atoms with van der Waals surface area (Å²) in [7, 11) is 0. The van der Waals surface area contributed by atoms with Gasteiger partial charge in [0.1, 0.15) is 0 Å². The Morgan fingerprint density at radius 3 is 3.00 bits per heavy atom. The molecule has 1 saturated carbocycles. The van der Waals surface area contributed by atoms with E-state index in [9.17, 15) is 0 Å². The summed E-state index contributed by atoms with van der Waals surface area (Å²) in [5, 5.41) is 3.68. The highest BCUT2D eigenvalue weighted by Crippen LogP contribution is 2.25. The van der Waals surface area contributed by atoms with Crippen molar-refractivity contribution in [2.45, 2.75) is 57.7 Å². The van der Waals surface area contributed by atoms with Crippen LogP contribution in [-0.4, -0.2) is 34.7 Å². The lowest BCUT2D eigenvalue weighted by Gasteiger charge is -2.37. The maximum absolute atomic E-state index is 4.56. The molecule has 0 amide bonds. The zero-order chi connectivity index (χ0) is 12.4. The van der Waals surface area contributed by atoms with Crippen LogP contribution in [0.15, 0.2) is 12.4 Å². The number of nitrogens with zero attached hydrogens (tertiary/aromatic N) is 3. The monoisotopic (exact) mass is 248 g/mol. The Hall–Kier alpha value is -1.03. The number of hydrogen-bond donors (Lipinski definition) is 1. The first-order valence-electron chi connectivity index (χ1n) is 7.39. The van der Waals surface area contributed by atoms with E-state index >= 15 is 0 Å². The minimum Gasteiger partial charge on any atom is -0.338 e. The van der Waals surface area contributed by atoms with Crippen LogP contribution >= 0.6 is 0 Å². The molecule has 1 N–H and O–H groups in total. The fraction of sp³-hybridized carbons (Fsp3) is 0.786. The average molecular weight is 248 g/mol. The molecular weight excluding hydrogens is 224 g/mol. The van der Waals surface area contributed by atoms with Gasteiger partial charge >= 0.3 is 0 Å². The van der Waals surface area contributed by atoms with Gasteiger partial charge in [-0.25, -0.2) is 4.98 Å². The first-order chi connectivity index (χ1) is 8.88. The van der Waals surface area contributed by atoms with Gasteiger partial charge < -0.3 is 14.8 Å². The van der Waals surface area contributed by atoms with Crippen LogP contribution < -0.4 is 10.2 Å². The molecule has 1 aliphatic carbocycles. The van der Waals surface area contributed by atoms with Crippen LogP contribution in [-0.2, 0) is 6.54 Å². The predicted octanol–water partition coefficient (Wildman–Crippen LogP) is 2.01. The summed E-state index contributed by atoms with van der Waals surface area (Å²) in [5.74, 6) is 1.17. The molecule has 0 bridgehead atoms. The summed E-state index contributed by atoms with van der Waals surface area (Å²) < 4.78 is 2.26. The van der Waals surface area contributed by atoms with E-state index in [0.29, 0.717) is 6.04 Å². The second kappa shape index (κ2) is 5.31. The lowest BCUT2D eigenvalue weighted by Crippen LogP contribution is -2.47. The lowest BCUT2D eigenvalue weighted by atomic mass is 10.0. The van der Waals surface area contributed by atoms with Gasteiger partial charge in [-0.2, -0.15) is 0 Å². The minimum absolute atomic E-state index is 0.632. The van der Waals surface area contributed by atoms with Gasteiger partial charge in [-0.05, 0) is 39.0 Å². The maximum Gasteiger partial charge on any atom is 0.205 e. The van der Waals surface area contributed by atoms with Crippen LogP contribution in [0, 0.1) is 0 Å². The zero-order valence-electron chi connectivity index (χ0n) is 11.3. The first-order valence-corrected chi connectivity index (χ1v) is 7.39. The van der Waals surface area contributed by atoms with Gasteiger partial charge in [0, 0.05) is 44.1 Å². The van der Waals surface area contributed by atoms with Crippen LogP contribution in [0.1, 0.15) is 39.0 Å². The minimum atomic E-state index is 0.632. The van der Waals surface area contributed by atoms with E-state index in [-0.39, 0.29) is 0 Å². The van der Waals surface area contributed by atoms with E-state index in [0.717, 1.165) is 25.7 Å². The van der Waals surface area contributed by atoms with Gasteiger partial charge in [0.05, 0.1) is 0 Å². The van der Waals surface area contributed by atoms with Gasteiger partial charge in [-0.3, -0.25) is 0 Å². The number of aryl methyl sites for hydroxylation is 1. The molecule has 0 spiro atoms. The molecule has 1 atom stereocenters. The molecule has 0 aromatic carbocycles. The van der Waals surface area contributed by atoms with E-state index in [1.807, 2.05) is 6.20 Å². The van der Waals surface area contributed by atoms with Crippen molar-refractivity contribution in [1.82, 2.24) is 14.9 Å². The normalized spacial score (nSPS) is 24.5. The summed E-state index contributed by atoms with van der Waals surface area (Å²) in [5.41, 5.74) is 0. The average Bonchev–Trinajstić information content (AvgIpc) is 3.12. The molecule has 1 aliphatic heterocycles. The van der Waals surface area contributed by atoms with E-state index in [1.54, 1.807) is 0 Å². The Kier molecular flexibility index (Phi) is 3.55. The van der Waals surface area contributed by atoms with Crippen molar-refractivity contribution in [3.8, 4) is 0 Å². The fourth-order valence-corrected chi connectivity index (χ4v) is 2.87. The smallest absolute Gasteiger partial charge is 0.205 e. The topological polar surface area (TPSA) is 33.1 Å². The summed E-state index contributed by atoms with van der Waals surface area (Å²) in [6.07, 6.45) is 10.7. The quantitative estimate of drug-likeness (QED) is 0.865. The van der Waals surface area contributed by atoms with Gasteiger partial charge in [-0.15, -0.1) is 0 Å². The summed E-state index contributed by atoms with van der Waals surface area (Å²) in [6, 6.07) is 1.44. The van der Waals surface area contributed by atoms with Gasteiger partial charge in [0.25, 0.3) is 0 Å². The summed E-state index contributed by atoms with van der Waals surface area (Å²) in [4.78, 5) is 7.08. The second-order valence-electron chi connectivity index (χ2n) is 5.54. The van der Waals surface area contributed by atoms with Crippen molar-refractivity contribution in [2.75, 3.05) is 18.0 Å².